The first-order valence-corrected chi connectivity index (χ1v) is 6.83. The Hall–Kier alpha value is -1.33. The minimum atomic E-state index is -0.907. The number of hydrogen-bond donors (Lipinski definition) is 1. The average molecular weight is 285 g/mol. The molecule has 5 heteroatoms. The van der Waals surface area contributed by atoms with Crippen molar-refractivity contribution in [3.05, 3.63) is 57.0 Å². The van der Waals surface area contributed by atoms with E-state index >= 15 is 0 Å². The molecular weight excluding hydrogens is 271 g/mol. The number of benzene rings is 1. The monoisotopic (exact) mass is 285 g/mol. The van der Waals surface area contributed by atoms with Crippen molar-refractivity contribution in [1.82, 2.24) is 5.32 Å². The second kappa shape index (κ2) is 5.75. The minimum Gasteiger partial charge on any atom is -0.306 e. The van der Waals surface area contributed by atoms with Gasteiger partial charge in [0.25, 0.3) is 0 Å². The van der Waals surface area contributed by atoms with Gasteiger partial charge in [0.1, 0.15) is 17.5 Å². The fraction of sp³-hybridized carbons (Fsp3) is 0.286. The first-order valence-electron chi connectivity index (χ1n) is 5.95. The number of thiophene rings is 1. The molecule has 0 amide bonds. The summed E-state index contributed by atoms with van der Waals surface area (Å²) in [6.45, 7) is 4.33. The van der Waals surface area contributed by atoms with E-state index < -0.39 is 23.5 Å². The number of halogens is 3. The predicted molar refractivity (Wildman–Crippen MR) is 70.9 cm³/mol. The lowest BCUT2D eigenvalue weighted by Gasteiger charge is -2.18. The molecule has 0 aliphatic carbocycles. The Kier molecular flexibility index (Phi) is 4.27. The van der Waals surface area contributed by atoms with Gasteiger partial charge in [-0.05, 0) is 30.5 Å². The van der Waals surface area contributed by atoms with E-state index in [0.29, 0.717) is 18.7 Å². The zero-order valence-electron chi connectivity index (χ0n) is 10.6. The maximum Gasteiger partial charge on any atom is 0.134 e. The second-order valence-corrected chi connectivity index (χ2v) is 5.38. The molecule has 2 aromatic rings. The summed E-state index contributed by atoms with van der Waals surface area (Å²) in [6.07, 6.45) is 0. The third kappa shape index (κ3) is 2.98. The van der Waals surface area contributed by atoms with Crippen molar-refractivity contribution < 1.29 is 13.2 Å². The molecule has 1 N–H and O–H groups in total. The summed E-state index contributed by atoms with van der Waals surface area (Å²) in [6, 6.07) is 2.69. The first kappa shape index (κ1) is 14.1. The van der Waals surface area contributed by atoms with E-state index in [1.807, 2.05) is 25.3 Å². The van der Waals surface area contributed by atoms with Crippen molar-refractivity contribution in [2.75, 3.05) is 6.54 Å². The van der Waals surface area contributed by atoms with Crippen molar-refractivity contribution in [3.63, 3.8) is 0 Å². The number of rotatable bonds is 4. The molecule has 0 aliphatic rings. The summed E-state index contributed by atoms with van der Waals surface area (Å²) < 4.78 is 40.7. The molecule has 0 radical (unpaired) electrons. The molecule has 0 fully saturated rings. The van der Waals surface area contributed by atoms with Crippen molar-refractivity contribution in [2.24, 2.45) is 0 Å². The lowest BCUT2D eigenvalue weighted by molar-refractivity contribution is 0.492. The van der Waals surface area contributed by atoms with Gasteiger partial charge in [-0.25, -0.2) is 13.2 Å². The molecule has 19 heavy (non-hydrogen) atoms. The Labute approximate surface area is 114 Å². The van der Waals surface area contributed by atoms with Crippen LogP contribution in [0, 0.1) is 24.4 Å². The van der Waals surface area contributed by atoms with Crippen LogP contribution in [-0.4, -0.2) is 6.54 Å². The first-order chi connectivity index (χ1) is 9.02. The molecule has 0 aliphatic heterocycles. The van der Waals surface area contributed by atoms with Gasteiger partial charge >= 0.3 is 0 Å². The third-order valence-corrected chi connectivity index (χ3v) is 3.70. The van der Waals surface area contributed by atoms with Crippen LogP contribution in [0.3, 0.4) is 0 Å². The van der Waals surface area contributed by atoms with Gasteiger partial charge in [0.15, 0.2) is 0 Å². The average Bonchev–Trinajstić information content (AvgIpc) is 2.73. The quantitative estimate of drug-likeness (QED) is 0.889. The van der Waals surface area contributed by atoms with Crippen LogP contribution in [0.1, 0.15) is 29.0 Å². The van der Waals surface area contributed by atoms with E-state index in [2.05, 4.69) is 5.32 Å². The van der Waals surface area contributed by atoms with Crippen LogP contribution in [0.2, 0.25) is 0 Å². The Morgan fingerprint density at radius 3 is 2.26 bits per heavy atom. The number of hydrogen-bond acceptors (Lipinski definition) is 2. The van der Waals surface area contributed by atoms with Crippen LogP contribution in [0.5, 0.6) is 0 Å². The van der Waals surface area contributed by atoms with E-state index in [0.717, 1.165) is 10.4 Å². The third-order valence-electron chi connectivity index (χ3n) is 2.82. The maximum atomic E-state index is 13.9. The van der Waals surface area contributed by atoms with Gasteiger partial charge in [-0.3, -0.25) is 0 Å². The van der Waals surface area contributed by atoms with Crippen LogP contribution >= 0.6 is 11.3 Å². The highest BCUT2D eigenvalue weighted by atomic mass is 32.1. The Morgan fingerprint density at radius 1 is 1.16 bits per heavy atom. The molecule has 0 saturated carbocycles. The largest absolute Gasteiger partial charge is 0.306 e. The molecular formula is C14H14F3NS. The van der Waals surface area contributed by atoms with Crippen molar-refractivity contribution in [2.45, 2.75) is 19.9 Å². The highest BCUT2D eigenvalue weighted by molar-refractivity contribution is 7.10. The SMILES string of the molecule is CCNC(c1csc(C)c1)c1c(F)cc(F)cc1F. The lowest BCUT2D eigenvalue weighted by atomic mass is 9.99. The van der Waals surface area contributed by atoms with Crippen LogP contribution in [0.25, 0.3) is 0 Å². The van der Waals surface area contributed by atoms with Gasteiger partial charge in [-0.15, -0.1) is 11.3 Å². The molecule has 0 saturated heterocycles. The van der Waals surface area contributed by atoms with Crippen LogP contribution in [-0.2, 0) is 0 Å². The van der Waals surface area contributed by atoms with Crippen LogP contribution in [0.4, 0.5) is 13.2 Å². The summed E-state index contributed by atoms with van der Waals surface area (Å²) in [4.78, 5) is 1.06. The topological polar surface area (TPSA) is 12.0 Å². The molecule has 1 aromatic heterocycles. The zero-order valence-corrected chi connectivity index (χ0v) is 11.5. The Morgan fingerprint density at radius 2 is 1.79 bits per heavy atom. The Bertz CT molecular complexity index is 557. The van der Waals surface area contributed by atoms with E-state index in [1.54, 1.807) is 0 Å². The molecule has 102 valence electrons. The van der Waals surface area contributed by atoms with E-state index in [-0.39, 0.29) is 5.56 Å². The molecule has 1 nitrogen and oxygen atoms in total. The number of aryl methyl sites for hydroxylation is 1. The summed E-state index contributed by atoms with van der Waals surface area (Å²) >= 11 is 1.51. The molecule has 1 heterocycles. The van der Waals surface area contributed by atoms with Crippen LogP contribution < -0.4 is 5.32 Å². The second-order valence-electron chi connectivity index (χ2n) is 4.26. The normalized spacial score (nSPS) is 12.7. The van der Waals surface area contributed by atoms with Gasteiger partial charge in [0.05, 0.1) is 6.04 Å². The minimum absolute atomic E-state index is 0.138. The summed E-state index contributed by atoms with van der Waals surface area (Å²) in [5.74, 6) is -2.64. The molecule has 1 unspecified atom stereocenters. The number of nitrogens with one attached hydrogen (secondary N) is 1. The standard InChI is InChI=1S/C14H14F3NS/c1-3-18-14(9-4-8(2)19-7-9)13-11(16)5-10(15)6-12(13)17/h4-7,14,18H,3H2,1-2H3. The van der Waals surface area contributed by atoms with E-state index in [4.69, 9.17) is 0 Å². The van der Waals surface area contributed by atoms with Gasteiger partial charge in [0.2, 0.25) is 0 Å². The highest BCUT2D eigenvalue weighted by Crippen LogP contribution is 2.30. The molecule has 0 spiro atoms. The zero-order chi connectivity index (χ0) is 14.0. The maximum absolute atomic E-state index is 13.9. The van der Waals surface area contributed by atoms with Gasteiger partial charge in [-0.2, -0.15) is 0 Å². The summed E-state index contributed by atoms with van der Waals surface area (Å²) in [7, 11) is 0. The predicted octanol–water partition coefficient (Wildman–Crippen LogP) is 4.17. The van der Waals surface area contributed by atoms with Crippen LogP contribution in [0.15, 0.2) is 23.6 Å². The molecule has 1 aromatic carbocycles. The van der Waals surface area contributed by atoms with Gasteiger partial charge in [0, 0.05) is 22.6 Å². The van der Waals surface area contributed by atoms with Gasteiger partial charge < -0.3 is 5.32 Å². The van der Waals surface area contributed by atoms with E-state index in [1.165, 1.54) is 11.3 Å². The molecule has 2 rings (SSSR count). The molecule has 0 bridgehead atoms. The smallest absolute Gasteiger partial charge is 0.134 e. The van der Waals surface area contributed by atoms with Crippen molar-refractivity contribution >= 4 is 11.3 Å². The fourth-order valence-electron chi connectivity index (χ4n) is 2.03. The summed E-state index contributed by atoms with van der Waals surface area (Å²) in [5, 5.41) is 4.89. The highest BCUT2D eigenvalue weighted by Gasteiger charge is 2.23. The summed E-state index contributed by atoms with van der Waals surface area (Å²) in [5.41, 5.74) is 0.648. The molecule has 1 atom stereocenters. The Balaban J connectivity index is 2.51. The van der Waals surface area contributed by atoms with Crippen molar-refractivity contribution in [3.8, 4) is 0 Å². The van der Waals surface area contributed by atoms with Gasteiger partial charge in [-0.1, -0.05) is 6.92 Å². The fourth-order valence-corrected chi connectivity index (χ4v) is 2.77. The van der Waals surface area contributed by atoms with E-state index in [9.17, 15) is 13.2 Å². The lowest BCUT2D eigenvalue weighted by Crippen LogP contribution is -2.24. The van der Waals surface area contributed by atoms with Crippen molar-refractivity contribution in [1.29, 1.82) is 0 Å².